The van der Waals surface area contributed by atoms with E-state index in [0.29, 0.717) is 12.2 Å². The Morgan fingerprint density at radius 3 is 2.80 bits per heavy atom. The van der Waals surface area contributed by atoms with Crippen molar-refractivity contribution in [2.24, 2.45) is 5.73 Å². The fourth-order valence-electron chi connectivity index (χ4n) is 3.95. The number of nitrogens with one attached hydrogen (secondary N) is 2. The Bertz CT molecular complexity index is 1390. The number of nitrogens with zero attached hydrogens (tertiary/aromatic N) is 3. The van der Waals surface area contributed by atoms with E-state index >= 15 is 0 Å². The van der Waals surface area contributed by atoms with Gasteiger partial charge in [-0.1, -0.05) is 26.0 Å². The smallest absolute Gasteiger partial charge is 0.266 e. The summed E-state index contributed by atoms with van der Waals surface area (Å²) in [6, 6.07) is 14.3. The molecular weight excluding hydrogens is 376 g/mol. The van der Waals surface area contributed by atoms with Gasteiger partial charge in [0.05, 0.1) is 24.0 Å². The van der Waals surface area contributed by atoms with Crippen molar-refractivity contribution in [2.45, 2.75) is 26.3 Å². The molecule has 1 amide bonds. The van der Waals surface area contributed by atoms with Gasteiger partial charge in [-0.05, 0) is 52.9 Å². The van der Waals surface area contributed by atoms with Crippen LogP contribution in [0.15, 0.2) is 54.9 Å². The van der Waals surface area contributed by atoms with Gasteiger partial charge in [-0.15, -0.1) is 0 Å². The second-order valence-corrected chi connectivity index (χ2v) is 7.84. The first-order valence-electron chi connectivity index (χ1n) is 9.91. The number of hydrogen-bond donors (Lipinski definition) is 3. The van der Waals surface area contributed by atoms with E-state index in [4.69, 9.17) is 5.73 Å². The number of rotatable bonds is 5. The molecule has 0 aliphatic heterocycles. The number of benzene rings is 2. The van der Waals surface area contributed by atoms with Crippen molar-refractivity contribution in [1.29, 1.82) is 0 Å². The molecule has 3 aromatic heterocycles. The summed E-state index contributed by atoms with van der Waals surface area (Å²) in [5, 5.41) is 14.1. The van der Waals surface area contributed by atoms with E-state index in [1.54, 1.807) is 10.7 Å². The summed E-state index contributed by atoms with van der Waals surface area (Å²) >= 11 is 0. The molecule has 2 aromatic carbocycles. The minimum atomic E-state index is -0.480. The fourth-order valence-corrected chi connectivity index (χ4v) is 3.95. The van der Waals surface area contributed by atoms with E-state index in [-0.39, 0.29) is 5.92 Å². The summed E-state index contributed by atoms with van der Waals surface area (Å²) in [7, 11) is 0. The van der Waals surface area contributed by atoms with Gasteiger partial charge in [-0.3, -0.25) is 14.6 Å². The van der Waals surface area contributed by atoms with Crippen LogP contribution in [0.3, 0.4) is 0 Å². The third kappa shape index (κ3) is 2.95. The topological polar surface area (TPSA) is 105 Å². The van der Waals surface area contributed by atoms with E-state index in [2.05, 4.69) is 50.6 Å². The van der Waals surface area contributed by atoms with Crippen LogP contribution in [0.2, 0.25) is 0 Å². The number of fused-ring (bicyclic) bond motifs is 2. The van der Waals surface area contributed by atoms with Crippen molar-refractivity contribution in [3.8, 4) is 11.1 Å². The molecular formula is C23H22N6O. The zero-order chi connectivity index (χ0) is 20.8. The predicted octanol–water partition coefficient (Wildman–Crippen LogP) is 4.18. The predicted molar refractivity (Wildman–Crippen MR) is 117 cm³/mol. The van der Waals surface area contributed by atoms with Gasteiger partial charge in [-0.2, -0.15) is 10.2 Å². The number of amides is 1. The van der Waals surface area contributed by atoms with Gasteiger partial charge in [0.2, 0.25) is 0 Å². The van der Waals surface area contributed by atoms with Crippen LogP contribution < -0.4 is 5.73 Å². The highest BCUT2D eigenvalue weighted by molar-refractivity contribution is 5.98. The summed E-state index contributed by atoms with van der Waals surface area (Å²) < 4.78 is 1.69. The van der Waals surface area contributed by atoms with Gasteiger partial charge in [0.1, 0.15) is 5.69 Å². The van der Waals surface area contributed by atoms with Crippen molar-refractivity contribution in [2.75, 3.05) is 0 Å². The van der Waals surface area contributed by atoms with Crippen LogP contribution in [0, 0.1) is 0 Å². The molecule has 7 nitrogen and oxygen atoms in total. The van der Waals surface area contributed by atoms with Crippen molar-refractivity contribution in [3.63, 3.8) is 0 Å². The number of primary amides is 1. The molecule has 5 aromatic rings. The highest BCUT2D eigenvalue weighted by Gasteiger charge is 2.17. The van der Waals surface area contributed by atoms with E-state index in [0.717, 1.165) is 44.2 Å². The molecule has 0 fully saturated rings. The zero-order valence-corrected chi connectivity index (χ0v) is 16.8. The van der Waals surface area contributed by atoms with Crippen LogP contribution in [0.5, 0.6) is 0 Å². The lowest BCUT2D eigenvalue weighted by Gasteiger charge is -2.11. The van der Waals surface area contributed by atoms with Crippen molar-refractivity contribution < 1.29 is 4.79 Å². The molecule has 4 N–H and O–H groups in total. The van der Waals surface area contributed by atoms with Crippen LogP contribution in [-0.4, -0.2) is 30.9 Å². The molecule has 0 saturated carbocycles. The van der Waals surface area contributed by atoms with Gasteiger partial charge < -0.3 is 10.7 Å². The monoisotopic (exact) mass is 398 g/mol. The van der Waals surface area contributed by atoms with Crippen LogP contribution in [0.1, 0.15) is 41.5 Å². The molecule has 0 bridgehead atoms. The molecule has 0 atom stereocenters. The molecule has 0 aliphatic rings. The average molecular weight is 398 g/mol. The third-order valence-corrected chi connectivity index (χ3v) is 5.51. The van der Waals surface area contributed by atoms with E-state index in [9.17, 15) is 4.79 Å². The van der Waals surface area contributed by atoms with Gasteiger partial charge in [-0.25, -0.2) is 0 Å². The van der Waals surface area contributed by atoms with E-state index < -0.39 is 5.91 Å². The number of hydrogen-bond acceptors (Lipinski definition) is 3. The van der Waals surface area contributed by atoms with Gasteiger partial charge in [0, 0.05) is 22.5 Å². The first-order valence-corrected chi connectivity index (χ1v) is 9.91. The molecule has 150 valence electrons. The van der Waals surface area contributed by atoms with Crippen molar-refractivity contribution >= 4 is 27.7 Å². The minimum absolute atomic E-state index is 0.204. The SMILES string of the molecule is CC(C)c1cc(C(N)=O)n(Cc2cc(-c3cccc4[nH]ccc34)cc3[nH]ncc23)n1. The molecule has 7 heteroatoms. The molecule has 0 aliphatic carbocycles. The lowest BCUT2D eigenvalue weighted by molar-refractivity contribution is 0.0990. The van der Waals surface area contributed by atoms with Crippen molar-refractivity contribution in [1.82, 2.24) is 25.0 Å². The van der Waals surface area contributed by atoms with Crippen LogP contribution in [0.25, 0.3) is 32.9 Å². The first-order chi connectivity index (χ1) is 14.5. The Hall–Kier alpha value is -3.87. The van der Waals surface area contributed by atoms with E-state index in [1.807, 2.05) is 32.3 Å². The Kier molecular flexibility index (Phi) is 4.17. The van der Waals surface area contributed by atoms with Gasteiger partial charge in [0.15, 0.2) is 0 Å². The second-order valence-electron chi connectivity index (χ2n) is 7.84. The Morgan fingerprint density at radius 1 is 1.13 bits per heavy atom. The molecule has 0 radical (unpaired) electrons. The van der Waals surface area contributed by atoms with Gasteiger partial charge >= 0.3 is 0 Å². The highest BCUT2D eigenvalue weighted by atomic mass is 16.1. The highest BCUT2D eigenvalue weighted by Crippen LogP contribution is 2.32. The van der Waals surface area contributed by atoms with Crippen molar-refractivity contribution in [3.05, 3.63) is 71.8 Å². The fraction of sp³-hybridized carbons (Fsp3) is 0.174. The molecule has 0 saturated heterocycles. The second kappa shape index (κ2) is 6.88. The molecule has 0 spiro atoms. The quantitative estimate of drug-likeness (QED) is 0.413. The van der Waals surface area contributed by atoms with Crippen LogP contribution in [-0.2, 0) is 6.54 Å². The Balaban J connectivity index is 1.67. The number of carbonyl (C=O) groups is 1. The maximum atomic E-state index is 12.0. The zero-order valence-electron chi connectivity index (χ0n) is 16.8. The van der Waals surface area contributed by atoms with E-state index in [1.165, 1.54) is 0 Å². The molecule has 30 heavy (non-hydrogen) atoms. The number of carbonyl (C=O) groups excluding carboxylic acids is 1. The molecule has 0 unspecified atom stereocenters. The lowest BCUT2D eigenvalue weighted by atomic mass is 9.97. The van der Waals surface area contributed by atoms with Crippen LogP contribution >= 0.6 is 0 Å². The number of aromatic amines is 2. The summed E-state index contributed by atoms with van der Waals surface area (Å²) in [4.78, 5) is 15.3. The van der Waals surface area contributed by atoms with Crippen LogP contribution in [0.4, 0.5) is 0 Å². The third-order valence-electron chi connectivity index (χ3n) is 5.51. The Morgan fingerprint density at radius 2 is 2.00 bits per heavy atom. The first kappa shape index (κ1) is 18.2. The number of H-pyrrole nitrogens is 2. The summed E-state index contributed by atoms with van der Waals surface area (Å²) in [6.45, 7) is 4.52. The largest absolute Gasteiger partial charge is 0.364 e. The van der Waals surface area contributed by atoms with Gasteiger partial charge in [0.25, 0.3) is 5.91 Å². The normalized spacial score (nSPS) is 11.7. The summed E-state index contributed by atoms with van der Waals surface area (Å²) in [5.41, 5.74) is 12.1. The summed E-state index contributed by atoms with van der Waals surface area (Å²) in [5.74, 6) is -0.276. The maximum absolute atomic E-state index is 12.0. The minimum Gasteiger partial charge on any atom is -0.364 e. The number of nitrogens with two attached hydrogens (primary N) is 1. The lowest BCUT2D eigenvalue weighted by Crippen LogP contribution is -2.18. The maximum Gasteiger partial charge on any atom is 0.266 e. The molecule has 5 rings (SSSR count). The average Bonchev–Trinajstić information content (AvgIpc) is 3.46. The number of aromatic nitrogens is 5. The molecule has 3 heterocycles. The Labute approximate surface area is 172 Å². The summed E-state index contributed by atoms with van der Waals surface area (Å²) in [6.07, 6.45) is 3.75. The standard InChI is InChI=1S/C23H22N6O/c1-13(2)20-10-22(23(24)30)29(28-20)12-15-8-14(9-21-18(15)11-26-27-21)16-4-3-5-19-17(16)6-7-25-19/h3-11,13,25H,12H2,1-2H3,(H2,24,30)(H,26,27).